The Morgan fingerprint density at radius 2 is 1.66 bits per heavy atom. The number of amides is 2. The molecule has 1 fully saturated rings. The SMILES string of the molecule is CN(C)S(=O)(=O)c1ccc(N2CCCC2)c(C(=O)Nc2ccc(C(N)=O)cc2)c1. The Hall–Kier alpha value is -2.91. The number of carbonyl (C=O) groups is 2. The van der Waals surface area contributed by atoms with E-state index in [1.54, 1.807) is 18.2 Å². The van der Waals surface area contributed by atoms with Crippen LogP contribution >= 0.6 is 0 Å². The minimum absolute atomic E-state index is 0.0553. The Morgan fingerprint density at radius 3 is 2.21 bits per heavy atom. The van der Waals surface area contributed by atoms with E-state index in [0.717, 1.165) is 30.2 Å². The molecule has 0 bridgehead atoms. The van der Waals surface area contributed by atoms with Gasteiger partial charge in [0.2, 0.25) is 15.9 Å². The van der Waals surface area contributed by atoms with E-state index >= 15 is 0 Å². The molecule has 1 heterocycles. The first-order valence-corrected chi connectivity index (χ1v) is 10.7. The van der Waals surface area contributed by atoms with Gasteiger partial charge in [0.15, 0.2) is 0 Å². The maximum absolute atomic E-state index is 13.0. The fraction of sp³-hybridized carbons (Fsp3) is 0.300. The van der Waals surface area contributed by atoms with Crippen LogP contribution in [-0.2, 0) is 10.0 Å². The zero-order valence-electron chi connectivity index (χ0n) is 16.4. The fourth-order valence-electron chi connectivity index (χ4n) is 3.22. The summed E-state index contributed by atoms with van der Waals surface area (Å²) >= 11 is 0. The van der Waals surface area contributed by atoms with E-state index in [0.29, 0.717) is 16.9 Å². The Morgan fingerprint density at radius 1 is 1.03 bits per heavy atom. The van der Waals surface area contributed by atoms with Gasteiger partial charge in [-0.05, 0) is 55.3 Å². The lowest BCUT2D eigenvalue weighted by Crippen LogP contribution is -2.25. The van der Waals surface area contributed by atoms with Gasteiger partial charge < -0.3 is 16.0 Å². The summed E-state index contributed by atoms with van der Waals surface area (Å²) in [6.45, 7) is 1.63. The summed E-state index contributed by atoms with van der Waals surface area (Å²) in [6, 6.07) is 10.8. The lowest BCUT2D eigenvalue weighted by atomic mass is 10.1. The first-order chi connectivity index (χ1) is 13.7. The second-order valence-electron chi connectivity index (χ2n) is 7.06. The number of primary amides is 1. The van der Waals surface area contributed by atoms with Crippen molar-refractivity contribution in [3.05, 3.63) is 53.6 Å². The van der Waals surface area contributed by atoms with E-state index in [-0.39, 0.29) is 10.5 Å². The van der Waals surface area contributed by atoms with Gasteiger partial charge in [0, 0.05) is 44.1 Å². The first kappa shape index (κ1) is 20.8. The molecule has 8 nitrogen and oxygen atoms in total. The molecule has 3 N–H and O–H groups in total. The van der Waals surface area contributed by atoms with Gasteiger partial charge in [0.1, 0.15) is 0 Å². The van der Waals surface area contributed by atoms with Crippen LogP contribution in [0.5, 0.6) is 0 Å². The molecule has 0 atom stereocenters. The van der Waals surface area contributed by atoms with Gasteiger partial charge in [-0.25, -0.2) is 12.7 Å². The van der Waals surface area contributed by atoms with Crippen LogP contribution in [0.1, 0.15) is 33.6 Å². The molecule has 9 heteroatoms. The van der Waals surface area contributed by atoms with Crippen molar-refractivity contribution in [1.29, 1.82) is 0 Å². The zero-order chi connectivity index (χ0) is 21.2. The number of hydrogen-bond donors (Lipinski definition) is 2. The van der Waals surface area contributed by atoms with Crippen LogP contribution in [0.4, 0.5) is 11.4 Å². The number of benzene rings is 2. The average Bonchev–Trinajstić information content (AvgIpc) is 3.22. The Kier molecular flexibility index (Phi) is 5.90. The maximum Gasteiger partial charge on any atom is 0.257 e. The molecule has 0 radical (unpaired) electrons. The molecule has 0 aliphatic carbocycles. The smallest absolute Gasteiger partial charge is 0.257 e. The van der Waals surface area contributed by atoms with Crippen molar-refractivity contribution in [2.24, 2.45) is 5.73 Å². The summed E-state index contributed by atoms with van der Waals surface area (Å²) in [5.41, 5.74) is 7.03. The number of nitrogens with two attached hydrogens (primary N) is 1. The van der Waals surface area contributed by atoms with E-state index in [2.05, 4.69) is 10.2 Å². The fourth-order valence-corrected chi connectivity index (χ4v) is 4.15. The van der Waals surface area contributed by atoms with Crippen molar-refractivity contribution < 1.29 is 18.0 Å². The van der Waals surface area contributed by atoms with Crippen LogP contribution in [0.2, 0.25) is 0 Å². The number of carbonyl (C=O) groups excluding carboxylic acids is 2. The second-order valence-corrected chi connectivity index (χ2v) is 9.21. The minimum Gasteiger partial charge on any atom is -0.371 e. The highest BCUT2D eigenvalue weighted by Crippen LogP contribution is 2.29. The predicted octanol–water partition coefficient (Wildman–Crippen LogP) is 1.89. The molecule has 0 spiro atoms. The third kappa shape index (κ3) is 4.41. The van der Waals surface area contributed by atoms with E-state index in [1.807, 2.05) is 0 Å². The lowest BCUT2D eigenvalue weighted by molar-refractivity contribution is 0.0998. The summed E-state index contributed by atoms with van der Waals surface area (Å²) in [7, 11) is -0.781. The summed E-state index contributed by atoms with van der Waals surface area (Å²) in [6.07, 6.45) is 2.04. The van der Waals surface area contributed by atoms with Crippen molar-refractivity contribution >= 4 is 33.2 Å². The van der Waals surface area contributed by atoms with Gasteiger partial charge in [0.05, 0.1) is 10.5 Å². The standard InChI is InChI=1S/C20H24N4O4S/c1-23(2)29(27,28)16-9-10-18(24-11-3-4-12-24)17(13-16)20(26)22-15-7-5-14(6-8-15)19(21)25/h5-10,13H,3-4,11-12H2,1-2H3,(H2,21,25)(H,22,26). The molecule has 2 amide bonds. The quantitative estimate of drug-likeness (QED) is 0.747. The number of rotatable bonds is 6. The molecule has 2 aromatic rings. The Labute approximate surface area is 170 Å². The average molecular weight is 417 g/mol. The Bertz CT molecular complexity index is 1030. The number of sulfonamides is 1. The maximum atomic E-state index is 13.0. The summed E-state index contributed by atoms with van der Waals surface area (Å²) in [5.74, 6) is -0.977. The molecule has 0 saturated carbocycles. The summed E-state index contributed by atoms with van der Waals surface area (Å²) in [4.78, 5) is 26.4. The molecule has 3 rings (SSSR count). The van der Waals surface area contributed by atoms with Crippen molar-refractivity contribution in [3.63, 3.8) is 0 Å². The molecule has 154 valence electrons. The van der Waals surface area contributed by atoms with Crippen LogP contribution < -0.4 is 16.0 Å². The zero-order valence-corrected chi connectivity index (χ0v) is 17.2. The van der Waals surface area contributed by atoms with Crippen molar-refractivity contribution in [1.82, 2.24) is 4.31 Å². The van der Waals surface area contributed by atoms with E-state index in [4.69, 9.17) is 5.73 Å². The molecule has 29 heavy (non-hydrogen) atoms. The second kappa shape index (κ2) is 8.22. The van der Waals surface area contributed by atoms with E-state index < -0.39 is 21.8 Å². The Balaban J connectivity index is 1.97. The molecule has 1 aliphatic heterocycles. The minimum atomic E-state index is -3.68. The van der Waals surface area contributed by atoms with Gasteiger partial charge >= 0.3 is 0 Å². The van der Waals surface area contributed by atoms with Crippen LogP contribution in [-0.4, -0.2) is 51.7 Å². The molecule has 0 aromatic heterocycles. The van der Waals surface area contributed by atoms with Gasteiger partial charge in [-0.1, -0.05) is 0 Å². The molecule has 0 unspecified atom stereocenters. The van der Waals surface area contributed by atoms with Gasteiger partial charge in [-0.15, -0.1) is 0 Å². The van der Waals surface area contributed by atoms with E-state index in [1.165, 1.54) is 38.4 Å². The van der Waals surface area contributed by atoms with Crippen molar-refractivity contribution in [3.8, 4) is 0 Å². The predicted molar refractivity (Wildman–Crippen MR) is 112 cm³/mol. The molecule has 1 saturated heterocycles. The molecular weight excluding hydrogens is 392 g/mol. The third-order valence-corrected chi connectivity index (χ3v) is 6.68. The van der Waals surface area contributed by atoms with Gasteiger partial charge in [0.25, 0.3) is 5.91 Å². The topological polar surface area (TPSA) is 113 Å². The first-order valence-electron chi connectivity index (χ1n) is 9.23. The van der Waals surface area contributed by atoms with Gasteiger partial charge in [-0.2, -0.15) is 0 Å². The van der Waals surface area contributed by atoms with Crippen LogP contribution in [0.15, 0.2) is 47.4 Å². The largest absolute Gasteiger partial charge is 0.371 e. The highest BCUT2D eigenvalue weighted by atomic mass is 32.2. The molecule has 1 aliphatic rings. The van der Waals surface area contributed by atoms with Crippen LogP contribution in [0.3, 0.4) is 0 Å². The van der Waals surface area contributed by atoms with Crippen molar-refractivity contribution in [2.45, 2.75) is 17.7 Å². The monoisotopic (exact) mass is 416 g/mol. The van der Waals surface area contributed by atoms with Crippen LogP contribution in [0.25, 0.3) is 0 Å². The summed E-state index contributed by atoms with van der Waals surface area (Å²) < 4.78 is 26.2. The van der Waals surface area contributed by atoms with E-state index in [9.17, 15) is 18.0 Å². The molecule has 2 aromatic carbocycles. The molecular formula is C20H24N4O4S. The summed E-state index contributed by atoms with van der Waals surface area (Å²) in [5, 5.41) is 2.77. The third-order valence-electron chi connectivity index (χ3n) is 4.87. The van der Waals surface area contributed by atoms with Crippen LogP contribution in [0, 0.1) is 0 Å². The number of nitrogens with zero attached hydrogens (tertiary/aromatic N) is 2. The lowest BCUT2D eigenvalue weighted by Gasteiger charge is -2.22. The normalized spacial score (nSPS) is 14.2. The number of anilines is 2. The highest BCUT2D eigenvalue weighted by molar-refractivity contribution is 7.89. The van der Waals surface area contributed by atoms with Crippen molar-refractivity contribution in [2.75, 3.05) is 37.4 Å². The number of nitrogens with one attached hydrogen (secondary N) is 1. The number of hydrogen-bond acceptors (Lipinski definition) is 5. The van der Waals surface area contributed by atoms with Gasteiger partial charge in [-0.3, -0.25) is 9.59 Å². The highest BCUT2D eigenvalue weighted by Gasteiger charge is 2.24.